The predicted octanol–water partition coefficient (Wildman–Crippen LogP) is 5.04. The molecular weight excluding hydrogens is 384 g/mol. The fraction of sp³-hybridized carbons (Fsp3) is 0.259. The molecule has 0 fully saturated rings. The van der Waals surface area contributed by atoms with E-state index in [1.165, 1.54) is 10.4 Å². The highest BCUT2D eigenvalue weighted by molar-refractivity contribution is 6.99. The molecule has 1 aliphatic heterocycles. The van der Waals surface area contributed by atoms with Crippen molar-refractivity contribution < 1.29 is 9.16 Å². The van der Waals surface area contributed by atoms with Gasteiger partial charge in [0.1, 0.15) is 5.60 Å². The molecule has 3 aromatic rings. The molecule has 4 rings (SSSR count). The standard InChI is InChI=1S/C27H30O2Si/c1-26(2,3)30(24-16-9-5-10-17-24,25-18-11-6-12-19-25)29-22-27(20-13-21-28-27)23-14-7-4-8-15-23/h4-20H,21-22H2,1-3H3/t27-/m1/s1. The van der Waals surface area contributed by atoms with Gasteiger partial charge in [0.15, 0.2) is 0 Å². The lowest BCUT2D eigenvalue weighted by Gasteiger charge is -2.44. The van der Waals surface area contributed by atoms with Crippen molar-refractivity contribution in [1.82, 2.24) is 0 Å². The molecule has 0 unspecified atom stereocenters. The van der Waals surface area contributed by atoms with Crippen LogP contribution in [-0.2, 0) is 14.8 Å². The molecule has 154 valence electrons. The monoisotopic (exact) mass is 414 g/mol. The second kappa shape index (κ2) is 8.35. The van der Waals surface area contributed by atoms with Gasteiger partial charge in [0.25, 0.3) is 8.32 Å². The van der Waals surface area contributed by atoms with E-state index in [2.05, 4.69) is 118 Å². The Bertz CT molecular complexity index is 938. The first-order valence-corrected chi connectivity index (χ1v) is 12.5. The largest absolute Gasteiger partial charge is 0.404 e. The van der Waals surface area contributed by atoms with E-state index in [1.54, 1.807) is 0 Å². The minimum atomic E-state index is -2.61. The predicted molar refractivity (Wildman–Crippen MR) is 127 cm³/mol. The minimum Gasteiger partial charge on any atom is -0.404 e. The maximum atomic E-state index is 7.17. The lowest BCUT2D eigenvalue weighted by Crippen LogP contribution is -2.67. The van der Waals surface area contributed by atoms with E-state index in [4.69, 9.17) is 9.16 Å². The van der Waals surface area contributed by atoms with E-state index in [9.17, 15) is 0 Å². The lowest BCUT2D eigenvalue weighted by atomic mass is 9.95. The number of benzene rings is 3. The number of rotatable bonds is 6. The van der Waals surface area contributed by atoms with Crippen LogP contribution >= 0.6 is 0 Å². The van der Waals surface area contributed by atoms with Crippen molar-refractivity contribution in [3.8, 4) is 0 Å². The summed E-state index contributed by atoms with van der Waals surface area (Å²) in [6, 6.07) is 32.0. The first kappa shape index (κ1) is 20.8. The first-order chi connectivity index (χ1) is 14.5. The molecule has 2 nitrogen and oxygen atoms in total. The van der Waals surface area contributed by atoms with Crippen LogP contribution in [0.1, 0.15) is 26.3 Å². The van der Waals surface area contributed by atoms with Gasteiger partial charge in [-0.2, -0.15) is 0 Å². The molecule has 1 heterocycles. The molecule has 0 radical (unpaired) electrons. The van der Waals surface area contributed by atoms with Gasteiger partial charge in [0, 0.05) is 0 Å². The Balaban J connectivity index is 1.82. The van der Waals surface area contributed by atoms with Crippen LogP contribution < -0.4 is 10.4 Å². The molecule has 0 aromatic heterocycles. The fourth-order valence-corrected chi connectivity index (χ4v) is 9.12. The number of ether oxygens (including phenoxy) is 1. The Morgan fingerprint density at radius 3 is 1.73 bits per heavy atom. The third kappa shape index (κ3) is 3.69. The molecule has 0 saturated carbocycles. The molecule has 0 spiro atoms. The summed E-state index contributed by atoms with van der Waals surface area (Å²) in [6.45, 7) is 8.01. The van der Waals surface area contributed by atoms with Crippen LogP contribution in [0.5, 0.6) is 0 Å². The van der Waals surface area contributed by atoms with Crippen molar-refractivity contribution in [2.45, 2.75) is 31.4 Å². The molecule has 1 atom stereocenters. The highest BCUT2D eigenvalue weighted by Crippen LogP contribution is 2.39. The molecule has 3 heteroatoms. The number of hydrogen-bond donors (Lipinski definition) is 0. The summed E-state index contributed by atoms with van der Waals surface area (Å²) in [7, 11) is -2.61. The van der Waals surface area contributed by atoms with Gasteiger partial charge in [-0.25, -0.2) is 0 Å². The summed E-state index contributed by atoms with van der Waals surface area (Å²) >= 11 is 0. The molecule has 0 N–H and O–H groups in total. The van der Waals surface area contributed by atoms with Gasteiger partial charge in [0.2, 0.25) is 0 Å². The molecule has 0 bridgehead atoms. The van der Waals surface area contributed by atoms with Crippen LogP contribution in [0, 0.1) is 0 Å². The Labute approximate surface area is 181 Å². The summed E-state index contributed by atoms with van der Waals surface area (Å²) in [5.74, 6) is 0. The summed E-state index contributed by atoms with van der Waals surface area (Å²) in [5, 5.41) is 2.51. The van der Waals surface area contributed by atoms with E-state index in [1.807, 2.05) is 6.07 Å². The second-order valence-electron chi connectivity index (χ2n) is 8.92. The van der Waals surface area contributed by atoms with Crippen molar-refractivity contribution in [3.63, 3.8) is 0 Å². The highest BCUT2D eigenvalue weighted by atomic mass is 28.4. The van der Waals surface area contributed by atoms with Crippen LogP contribution in [-0.4, -0.2) is 21.5 Å². The van der Waals surface area contributed by atoms with Crippen molar-refractivity contribution in [1.29, 1.82) is 0 Å². The number of hydrogen-bond acceptors (Lipinski definition) is 2. The minimum absolute atomic E-state index is 0.0596. The molecule has 0 aliphatic carbocycles. The van der Waals surface area contributed by atoms with Gasteiger partial charge in [-0.15, -0.1) is 0 Å². The lowest BCUT2D eigenvalue weighted by molar-refractivity contribution is -0.0165. The van der Waals surface area contributed by atoms with Crippen molar-refractivity contribution in [2.24, 2.45) is 0 Å². The normalized spacial score (nSPS) is 19.2. The van der Waals surface area contributed by atoms with E-state index in [0.29, 0.717) is 13.2 Å². The summed E-state index contributed by atoms with van der Waals surface area (Å²) < 4.78 is 13.5. The van der Waals surface area contributed by atoms with Crippen LogP contribution in [0.15, 0.2) is 103 Å². The molecule has 0 amide bonds. The maximum absolute atomic E-state index is 7.17. The summed E-state index contributed by atoms with van der Waals surface area (Å²) in [6.07, 6.45) is 4.27. The molecule has 3 aromatic carbocycles. The van der Waals surface area contributed by atoms with Crippen LogP contribution in [0.2, 0.25) is 5.04 Å². The molecule has 0 saturated heterocycles. The smallest absolute Gasteiger partial charge is 0.261 e. The van der Waals surface area contributed by atoms with Crippen LogP contribution in [0.25, 0.3) is 0 Å². The highest BCUT2D eigenvalue weighted by Gasteiger charge is 2.51. The van der Waals surface area contributed by atoms with E-state index < -0.39 is 13.9 Å². The van der Waals surface area contributed by atoms with Gasteiger partial charge < -0.3 is 9.16 Å². The second-order valence-corrected chi connectivity index (χ2v) is 13.2. The third-order valence-corrected chi connectivity index (χ3v) is 11.0. The van der Waals surface area contributed by atoms with E-state index in [-0.39, 0.29) is 5.04 Å². The first-order valence-electron chi connectivity index (χ1n) is 10.6. The molecule has 30 heavy (non-hydrogen) atoms. The SMILES string of the molecule is CC(C)(C)[Si](OC[C@@]1(c2ccccc2)C=CCO1)(c1ccccc1)c1ccccc1. The third-order valence-electron chi connectivity index (χ3n) is 6.01. The Kier molecular flexibility index (Phi) is 5.78. The Morgan fingerprint density at radius 2 is 1.30 bits per heavy atom. The summed E-state index contributed by atoms with van der Waals surface area (Å²) in [5.41, 5.74) is 0.589. The zero-order valence-corrected chi connectivity index (χ0v) is 19.0. The van der Waals surface area contributed by atoms with Gasteiger partial charge in [-0.1, -0.05) is 118 Å². The Hall–Kier alpha value is -2.46. The van der Waals surface area contributed by atoms with E-state index >= 15 is 0 Å². The quantitative estimate of drug-likeness (QED) is 0.415. The average Bonchev–Trinajstić information content (AvgIpc) is 3.26. The van der Waals surface area contributed by atoms with Crippen molar-refractivity contribution >= 4 is 18.7 Å². The maximum Gasteiger partial charge on any atom is 0.261 e. The zero-order chi connectivity index (χ0) is 21.1. The zero-order valence-electron chi connectivity index (χ0n) is 18.0. The van der Waals surface area contributed by atoms with Gasteiger partial charge in [-0.3, -0.25) is 0 Å². The topological polar surface area (TPSA) is 18.5 Å². The molecular formula is C27H30O2Si. The Morgan fingerprint density at radius 1 is 0.800 bits per heavy atom. The van der Waals surface area contributed by atoms with Crippen LogP contribution in [0.3, 0.4) is 0 Å². The average molecular weight is 415 g/mol. The van der Waals surface area contributed by atoms with E-state index in [0.717, 1.165) is 5.56 Å². The van der Waals surface area contributed by atoms with Crippen LogP contribution in [0.4, 0.5) is 0 Å². The van der Waals surface area contributed by atoms with Gasteiger partial charge in [-0.05, 0) is 27.1 Å². The molecule has 1 aliphatic rings. The van der Waals surface area contributed by atoms with Crippen molar-refractivity contribution in [2.75, 3.05) is 13.2 Å². The fourth-order valence-electron chi connectivity index (χ4n) is 4.53. The van der Waals surface area contributed by atoms with Crippen molar-refractivity contribution in [3.05, 3.63) is 109 Å². The van der Waals surface area contributed by atoms with Gasteiger partial charge >= 0.3 is 0 Å². The van der Waals surface area contributed by atoms with Gasteiger partial charge in [0.05, 0.1) is 13.2 Å². The summed E-state index contributed by atoms with van der Waals surface area (Å²) in [4.78, 5) is 0.